The Labute approximate surface area is 170 Å². The van der Waals surface area contributed by atoms with Crippen molar-refractivity contribution in [2.45, 2.75) is 4.90 Å². The lowest BCUT2D eigenvalue weighted by Crippen LogP contribution is -2.33. The molecule has 2 heterocycles. The molecule has 0 aliphatic carbocycles. The standard InChI is InChI=1S/C19H14N2O3S3/c1-20-13-9-12(11-5-3-2-4-6-11)7-8-14(13)26-18(20)16-17(24)21(10-15(22)23)19(25)27-16/h2-9H,10H2,1H3,(H,22,23). The summed E-state index contributed by atoms with van der Waals surface area (Å²) >= 11 is 7.86. The number of benzene rings is 2. The first-order valence-electron chi connectivity index (χ1n) is 8.06. The number of thioether (sulfide) groups is 2. The Kier molecular flexibility index (Phi) is 4.71. The second-order valence-corrected chi connectivity index (χ2v) is 8.67. The normalized spacial score (nSPS) is 19.0. The van der Waals surface area contributed by atoms with Crippen LogP contribution in [-0.4, -0.2) is 39.8 Å². The van der Waals surface area contributed by atoms with Crippen LogP contribution in [0.3, 0.4) is 0 Å². The van der Waals surface area contributed by atoms with Crippen LogP contribution >= 0.6 is 35.7 Å². The van der Waals surface area contributed by atoms with Crippen molar-refractivity contribution in [1.82, 2.24) is 4.90 Å². The molecule has 136 valence electrons. The first-order valence-corrected chi connectivity index (χ1v) is 10.1. The summed E-state index contributed by atoms with van der Waals surface area (Å²) in [5, 5.41) is 9.78. The van der Waals surface area contributed by atoms with Crippen LogP contribution in [0.15, 0.2) is 63.4 Å². The molecular formula is C19H14N2O3S3. The van der Waals surface area contributed by atoms with Crippen LogP contribution in [0.1, 0.15) is 0 Å². The predicted octanol–water partition coefficient (Wildman–Crippen LogP) is 4.01. The first kappa shape index (κ1) is 18.1. The van der Waals surface area contributed by atoms with Crippen LogP contribution < -0.4 is 4.90 Å². The van der Waals surface area contributed by atoms with Crippen LogP contribution in [0.25, 0.3) is 11.1 Å². The van der Waals surface area contributed by atoms with Gasteiger partial charge in [0.15, 0.2) is 0 Å². The molecule has 2 aliphatic heterocycles. The highest BCUT2D eigenvalue weighted by Crippen LogP contribution is 2.50. The van der Waals surface area contributed by atoms with Gasteiger partial charge in [0, 0.05) is 11.9 Å². The van der Waals surface area contributed by atoms with E-state index in [1.807, 2.05) is 36.2 Å². The molecule has 4 rings (SSSR count). The Balaban J connectivity index is 1.69. The largest absolute Gasteiger partial charge is 0.480 e. The molecule has 27 heavy (non-hydrogen) atoms. The molecule has 0 bridgehead atoms. The molecule has 1 amide bonds. The van der Waals surface area contributed by atoms with Crippen LogP contribution in [-0.2, 0) is 9.59 Å². The SMILES string of the molecule is CN1C(=C2SC(=S)N(CC(=O)O)C2=O)Sc2ccc(-c3ccccc3)cc21. The summed E-state index contributed by atoms with van der Waals surface area (Å²) in [6.07, 6.45) is 0. The van der Waals surface area contributed by atoms with E-state index < -0.39 is 12.5 Å². The number of fused-ring (bicyclic) bond motifs is 1. The zero-order valence-electron chi connectivity index (χ0n) is 14.2. The molecular weight excluding hydrogens is 400 g/mol. The zero-order valence-corrected chi connectivity index (χ0v) is 16.7. The van der Waals surface area contributed by atoms with Gasteiger partial charge in [-0.05, 0) is 23.3 Å². The predicted molar refractivity (Wildman–Crippen MR) is 113 cm³/mol. The van der Waals surface area contributed by atoms with Gasteiger partial charge in [-0.15, -0.1) is 0 Å². The number of carbonyl (C=O) groups excluding carboxylic acids is 1. The van der Waals surface area contributed by atoms with Crippen molar-refractivity contribution in [2.75, 3.05) is 18.5 Å². The Hall–Kier alpha value is -2.29. The quantitative estimate of drug-likeness (QED) is 0.601. The van der Waals surface area contributed by atoms with Crippen LogP contribution in [0.4, 0.5) is 5.69 Å². The Morgan fingerprint density at radius 1 is 1.11 bits per heavy atom. The highest BCUT2D eigenvalue weighted by molar-refractivity contribution is 8.27. The fraction of sp³-hybridized carbons (Fsp3) is 0.105. The van der Waals surface area contributed by atoms with Gasteiger partial charge < -0.3 is 10.0 Å². The molecule has 0 aromatic heterocycles. The van der Waals surface area contributed by atoms with E-state index in [-0.39, 0.29) is 10.2 Å². The first-order chi connectivity index (χ1) is 13.0. The van der Waals surface area contributed by atoms with E-state index in [1.165, 1.54) is 11.8 Å². The topological polar surface area (TPSA) is 60.9 Å². The van der Waals surface area contributed by atoms with Gasteiger partial charge in [0.25, 0.3) is 5.91 Å². The highest BCUT2D eigenvalue weighted by atomic mass is 32.2. The molecule has 1 N–H and O–H groups in total. The number of hydrogen-bond acceptors (Lipinski definition) is 6. The summed E-state index contributed by atoms with van der Waals surface area (Å²) in [5.41, 5.74) is 3.24. The van der Waals surface area contributed by atoms with Crippen LogP contribution in [0, 0.1) is 0 Å². The number of carboxylic acid groups (broad SMARTS) is 1. The van der Waals surface area contributed by atoms with Crippen molar-refractivity contribution in [1.29, 1.82) is 0 Å². The molecule has 1 fully saturated rings. The molecule has 0 unspecified atom stereocenters. The van der Waals surface area contributed by atoms with Crippen molar-refractivity contribution in [2.24, 2.45) is 0 Å². The molecule has 0 atom stereocenters. The molecule has 2 aliphatic rings. The molecule has 2 aromatic rings. The molecule has 0 radical (unpaired) electrons. The third-order valence-corrected chi connectivity index (χ3v) is 7.08. The number of amides is 1. The van der Waals surface area contributed by atoms with Gasteiger partial charge in [-0.1, -0.05) is 72.1 Å². The minimum atomic E-state index is -1.08. The van der Waals surface area contributed by atoms with E-state index in [1.54, 1.807) is 0 Å². The van der Waals surface area contributed by atoms with E-state index in [4.69, 9.17) is 17.3 Å². The summed E-state index contributed by atoms with van der Waals surface area (Å²) < 4.78 is 0.278. The van der Waals surface area contributed by atoms with Gasteiger partial charge in [-0.3, -0.25) is 14.5 Å². The van der Waals surface area contributed by atoms with Gasteiger partial charge >= 0.3 is 5.97 Å². The molecule has 0 saturated carbocycles. The number of carbonyl (C=O) groups is 2. The summed E-state index contributed by atoms with van der Waals surface area (Å²) in [7, 11) is 1.91. The Bertz CT molecular complexity index is 1000. The minimum absolute atomic E-state index is 0.278. The van der Waals surface area contributed by atoms with Crippen molar-refractivity contribution in [3.8, 4) is 11.1 Å². The Morgan fingerprint density at radius 2 is 1.85 bits per heavy atom. The fourth-order valence-electron chi connectivity index (χ4n) is 2.95. The van der Waals surface area contributed by atoms with Crippen molar-refractivity contribution >= 4 is 57.6 Å². The highest BCUT2D eigenvalue weighted by Gasteiger charge is 2.39. The zero-order chi connectivity index (χ0) is 19.1. The number of rotatable bonds is 3. The molecule has 1 saturated heterocycles. The Morgan fingerprint density at radius 3 is 2.56 bits per heavy atom. The summed E-state index contributed by atoms with van der Waals surface area (Å²) in [5.74, 6) is -1.43. The maximum atomic E-state index is 12.7. The van der Waals surface area contributed by atoms with Crippen molar-refractivity contribution in [3.63, 3.8) is 0 Å². The summed E-state index contributed by atoms with van der Waals surface area (Å²) in [4.78, 5) is 28.3. The van der Waals surface area contributed by atoms with Crippen LogP contribution in [0.5, 0.6) is 0 Å². The van der Waals surface area contributed by atoms with Gasteiger partial charge in [-0.25, -0.2) is 0 Å². The number of nitrogens with zero attached hydrogens (tertiary/aromatic N) is 2. The second-order valence-electron chi connectivity index (χ2n) is 6.00. The van der Waals surface area contributed by atoms with E-state index in [0.717, 1.165) is 43.4 Å². The third kappa shape index (κ3) is 3.24. The average Bonchev–Trinajstić information content (AvgIpc) is 3.13. The number of thiocarbonyl (C=S) groups is 1. The molecule has 0 spiro atoms. The van der Waals surface area contributed by atoms with E-state index in [2.05, 4.69) is 24.3 Å². The second kappa shape index (κ2) is 7.03. The number of carboxylic acids is 1. The third-order valence-electron chi connectivity index (χ3n) is 4.28. The molecule has 8 heteroatoms. The number of hydrogen-bond donors (Lipinski definition) is 1. The summed E-state index contributed by atoms with van der Waals surface area (Å²) in [6, 6.07) is 16.3. The van der Waals surface area contributed by atoms with Crippen LogP contribution in [0.2, 0.25) is 0 Å². The molecule has 5 nitrogen and oxygen atoms in total. The lowest BCUT2D eigenvalue weighted by Gasteiger charge is -2.16. The van der Waals surface area contributed by atoms with Gasteiger partial charge in [-0.2, -0.15) is 0 Å². The van der Waals surface area contributed by atoms with Gasteiger partial charge in [0.05, 0.1) is 10.7 Å². The smallest absolute Gasteiger partial charge is 0.323 e. The monoisotopic (exact) mass is 414 g/mol. The number of anilines is 1. The van der Waals surface area contributed by atoms with E-state index >= 15 is 0 Å². The maximum absolute atomic E-state index is 12.7. The van der Waals surface area contributed by atoms with E-state index in [9.17, 15) is 9.59 Å². The number of aliphatic carboxylic acids is 1. The van der Waals surface area contributed by atoms with Crippen molar-refractivity contribution < 1.29 is 14.7 Å². The average molecular weight is 415 g/mol. The minimum Gasteiger partial charge on any atom is -0.480 e. The van der Waals surface area contributed by atoms with Crippen molar-refractivity contribution in [3.05, 3.63) is 58.5 Å². The summed E-state index contributed by atoms with van der Waals surface area (Å²) in [6.45, 7) is -0.416. The lowest BCUT2D eigenvalue weighted by molar-refractivity contribution is -0.140. The maximum Gasteiger partial charge on any atom is 0.323 e. The van der Waals surface area contributed by atoms with E-state index in [0.29, 0.717) is 4.91 Å². The fourth-order valence-corrected chi connectivity index (χ4v) is 5.52. The van der Waals surface area contributed by atoms with Gasteiger partial charge in [0.2, 0.25) is 0 Å². The lowest BCUT2D eigenvalue weighted by atomic mass is 10.1. The molecule has 2 aromatic carbocycles. The van der Waals surface area contributed by atoms with Gasteiger partial charge in [0.1, 0.15) is 15.8 Å².